The lowest BCUT2D eigenvalue weighted by atomic mass is 10.1. The minimum absolute atomic E-state index is 0.00763. The molecule has 4 nitrogen and oxygen atoms in total. The van der Waals surface area contributed by atoms with Crippen LogP contribution in [0, 0.1) is 0 Å². The summed E-state index contributed by atoms with van der Waals surface area (Å²) in [6.45, 7) is 0.870. The third-order valence-corrected chi connectivity index (χ3v) is 4.94. The fraction of sp³-hybridized carbons (Fsp3) is 0.375. The number of ether oxygens (including phenoxy) is 2. The van der Waals surface area contributed by atoms with Crippen molar-refractivity contribution in [3.05, 3.63) is 44.6 Å². The van der Waals surface area contributed by atoms with E-state index in [1.807, 2.05) is 0 Å². The van der Waals surface area contributed by atoms with Gasteiger partial charge in [-0.05, 0) is 34.7 Å². The topological polar surface area (TPSA) is 50.7 Å². The fourth-order valence-electron chi connectivity index (χ4n) is 2.51. The van der Waals surface area contributed by atoms with Gasteiger partial charge in [0, 0.05) is 13.1 Å². The molecule has 0 fully saturated rings. The Hall–Kier alpha value is -1.48. The smallest absolute Gasteiger partial charge is 0.425 e. The molecule has 2 N–H and O–H groups in total. The van der Waals surface area contributed by atoms with Crippen LogP contribution in [-0.2, 0) is 12.7 Å². The molecule has 25 heavy (non-hydrogen) atoms. The van der Waals surface area contributed by atoms with Crippen molar-refractivity contribution in [2.75, 3.05) is 19.8 Å². The number of hydrogen-bond acceptors (Lipinski definition) is 5. The van der Waals surface area contributed by atoms with Crippen LogP contribution >= 0.6 is 22.9 Å². The van der Waals surface area contributed by atoms with Crippen LogP contribution in [0.2, 0.25) is 5.02 Å². The lowest BCUT2D eigenvalue weighted by Gasteiger charge is -2.21. The quantitative estimate of drug-likeness (QED) is 0.805. The first-order chi connectivity index (χ1) is 11.9. The number of fused-ring (bicyclic) bond motifs is 1. The molecule has 1 aromatic carbocycles. The van der Waals surface area contributed by atoms with E-state index in [9.17, 15) is 18.3 Å². The van der Waals surface area contributed by atoms with Crippen LogP contribution in [0.1, 0.15) is 22.1 Å². The number of alkyl halides is 3. The molecule has 0 saturated heterocycles. The van der Waals surface area contributed by atoms with Gasteiger partial charge in [0.15, 0.2) is 11.5 Å². The van der Waals surface area contributed by atoms with Crippen LogP contribution in [-0.4, -0.2) is 24.9 Å². The van der Waals surface area contributed by atoms with Crippen molar-refractivity contribution in [2.24, 2.45) is 0 Å². The predicted molar refractivity (Wildman–Crippen MR) is 88.4 cm³/mol. The van der Waals surface area contributed by atoms with Crippen LogP contribution < -0.4 is 14.8 Å². The van der Waals surface area contributed by atoms with E-state index in [2.05, 4.69) is 5.32 Å². The fourth-order valence-corrected chi connectivity index (χ4v) is 3.58. The number of halogens is 4. The van der Waals surface area contributed by atoms with Crippen LogP contribution in [0.5, 0.6) is 11.5 Å². The summed E-state index contributed by atoms with van der Waals surface area (Å²) in [5.41, 5.74) is 0.660. The van der Waals surface area contributed by atoms with Crippen molar-refractivity contribution in [1.29, 1.82) is 0 Å². The van der Waals surface area contributed by atoms with Crippen molar-refractivity contribution >= 4 is 22.9 Å². The zero-order valence-electron chi connectivity index (χ0n) is 12.9. The molecular weight excluding hydrogens is 379 g/mol. The Morgan fingerprint density at radius 3 is 2.80 bits per heavy atom. The number of aliphatic hydroxyl groups is 1. The van der Waals surface area contributed by atoms with E-state index in [0.29, 0.717) is 46.6 Å². The Balaban J connectivity index is 1.63. The number of thiophene rings is 1. The molecule has 0 radical (unpaired) electrons. The average molecular weight is 394 g/mol. The number of aliphatic hydroxyl groups excluding tert-OH is 1. The molecule has 0 saturated carbocycles. The zero-order valence-corrected chi connectivity index (χ0v) is 14.5. The molecule has 2 heterocycles. The molecule has 0 amide bonds. The molecule has 1 unspecified atom stereocenters. The van der Waals surface area contributed by atoms with E-state index >= 15 is 0 Å². The van der Waals surface area contributed by atoms with Gasteiger partial charge in [-0.2, -0.15) is 13.2 Å². The lowest BCUT2D eigenvalue weighted by Crippen LogP contribution is -2.22. The van der Waals surface area contributed by atoms with Gasteiger partial charge in [-0.1, -0.05) is 11.6 Å². The maximum Gasteiger partial charge on any atom is 0.425 e. The van der Waals surface area contributed by atoms with E-state index in [4.69, 9.17) is 21.1 Å². The first-order valence-electron chi connectivity index (χ1n) is 7.47. The van der Waals surface area contributed by atoms with Gasteiger partial charge in [0.2, 0.25) is 0 Å². The Morgan fingerprint density at radius 1 is 1.28 bits per heavy atom. The molecule has 0 aliphatic carbocycles. The summed E-state index contributed by atoms with van der Waals surface area (Å²) < 4.78 is 49.3. The Labute approximate surface area is 151 Å². The Kier molecular flexibility index (Phi) is 5.43. The molecule has 136 valence electrons. The van der Waals surface area contributed by atoms with Gasteiger partial charge in [0.25, 0.3) is 0 Å². The molecule has 9 heteroatoms. The summed E-state index contributed by atoms with van der Waals surface area (Å²) in [4.78, 5) is -0.628. The van der Waals surface area contributed by atoms with Gasteiger partial charge in [-0.3, -0.25) is 0 Å². The van der Waals surface area contributed by atoms with Crippen molar-refractivity contribution in [3.8, 4) is 11.5 Å². The molecule has 0 spiro atoms. The Morgan fingerprint density at radius 2 is 2.04 bits per heavy atom. The molecule has 3 rings (SSSR count). The third kappa shape index (κ3) is 4.20. The van der Waals surface area contributed by atoms with E-state index < -0.39 is 17.2 Å². The summed E-state index contributed by atoms with van der Waals surface area (Å²) >= 11 is 6.77. The molecule has 2 aromatic rings. The van der Waals surface area contributed by atoms with Crippen molar-refractivity contribution in [3.63, 3.8) is 0 Å². The van der Waals surface area contributed by atoms with Crippen molar-refractivity contribution < 1.29 is 27.8 Å². The van der Waals surface area contributed by atoms with E-state index in [1.54, 1.807) is 12.1 Å². The molecule has 1 atom stereocenters. The Bertz CT molecular complexity index is 751. The van der Waals surface area contributed by atoms with Crippen molar-refractivity contribution in [2.45, 2.75) is 18.8 Å². The largest absolute Gasteiger partial charge is 0.486 e. The number of rotatable bonds is 5. The molecule has 0 bridgehead atoms. The first kappa shape index (κ1) is 18.3. The minimum Gasteiger partial charge on any atom is -0.486 e. The highest BCUT2D eigenvalue weighted by atomic mass is 35.5. The van der Waals surface area contributed by atoms with E-state index in [1.165, 1.54) is 11.4 Å². The highest BCUT2D eigenvalue weighted by Crippen LogP contribution is 2.40. The maximum atomic E-state index is 12.8. The summed E-state index contributed by atoms with van der Waals surface area (Å²) in [6, 6.07) is 4.61. The van der Waals surface area contributed by atoms with Gasteiger partial charge < -0.3 is 19.9 Å². The van der Waals surface area contributed by atoms with Gasteiger partial charge in [0.1, 0.15) is 18.1 Å². The average Bonchev–Trinajstić information content (AvgIpc) is 3.03. The molecule has 1 aliphatic heterocycles. The standard InChI is InChI=1S/C16H15ClF3NO3S/c17-11-5-10(6-13-14(11)24-3-2-23-13)12(22)8-21-7-9-1-4-25-15(9)16(18,19)20/h1,4-6,12,21-22H,2-3,7-8H2. The summed E-state index contributed by atoms with van der Waals surface area (Å²) in [5.74, 6) is 0.884. The monoisotopic (exact) mass is 393 g/mol. The molecule has 1 aliphatic rings. The van der Waals surface area contributed by atoms with Gasteiger partial charge in [-0.15, -0.1) is 11.3 Å². The van der Waals surface area contributed by atoms with E-state index in [-0.39, 0.29) is 18.7 Å². The lowest BCUT2D eigenvalue weighted by molar-refractivity contribution is -0.134. The van der Waals surface area contributed by atoms with Gasteiger partial charge >= 0.3 is 6.18 Å². The van der Waals surface area contributed by atoms with E-state index in [0.717, 1.165) is 0 Å². The highest BCUT2D eigenvalue weighted by molar-refractivity contribution is 7.10. The maximum absolute atomic E-state index is 12.8. The first-order valence-corrected chi connectivity index (χ1v) is 8.73. The highest BCUT2D eigenvalue weighted by Gasteiger charge is 2.34. The number of hydrogen-bond donors (Lipinski definition) is 2. The van der Waals surface area contributed by atoms with Crippen LogP contribution in [0.25, 0.3) is 0 Å². The predicted octanol–water partition coefficient (Wildman–Crippen LogP) is 4.01. The second-order valence-corrected chi connectivity index (χ2v) is 6.77. The van der Waals surface area contributed by atoms with Crippen LogP contribution in [0.3, 0.4) is 0 Å². The second kappa shape index (κ2) is 7.41. The number of benzene rings is 1. The van der Waals surface area contributed by atoms with Gasteiger partial charge in [-0.25, -0.2) is 0 Å². The summed E-state index contributed by atoms with van der Waals surface area (Å²) in [7, 11) is 0. The minimum atomic E-state index is -4.37. The third-order valence-electron chi connectivity index (χ3n) is 3.66. The van der Waals surface area contributed by atoms with Gasteiger partial charge in [0.05, 0.1) is 11.1 Å². The zero-order chi connectivity index (χ0) is 18.0. The second-order valence-electron chi connectivity index (χ2n) is 5.45. The molecular formula is C16H15ClF3NO3S. The van der Waals surface area contributed by atoms with Crippen LogP contribution in [0.15, 0.2) is 23.6 Å². The normalized spacial score (nSPS) is 15.2. The van der Waals surface area contributed by atoms with Crippen LogP contribution in [0.4, 0.5) is 13.2 Å². The van der Waals surface area contributed by atoms with Crippen molar-refractivity contribution in [1.82, 2.24) is 5.32 Å². The summed E-state index contributed by atoms with van der Waals surface area (Å²) in [5, 5.41) is 14.8. The number of nitrogens with one attached hydrogen (secondary N) is 1. The SMILES string of the molecule is OC(CNCc1ccsc1C(F)(F)F)c1cc(Cl)c2c(c1)OCCO2. The summed E-state index contributed by atoms with van der Waals surface area (Å²) in [6.07, 6.45) is -5.31. The molecule has 1 aromatic heterocycles.